The summed E-state index contributed by atoms with van der Waals surface area (Å²) in [6.07, 6.45) is 8.82. The Kier molecular flexibility index (Phi) is 6.86. The Morgan fingerprint density at radius 3 is 2.18 bits per heavy atom. The molecule has 1 aromatic rings. The lowest BCUT2D eigenvalue weighted by atomic mass is 10.3. The van der Waals surface area contributed by atoms with Gasteiger partial charge in [0, 0.05) is 0 Å². The minimum Gasteiger partial charge on any atom is -0.240 e. The minimum absolute atomic E-state index is 1.15. The van der Waals surface area contributed by atoms with E-state index in [4.69, 9.17) is 8.42 Å². The van der Waals surface area contributed by atoms with E-state index < -0.39 is 16.2 Å². The maximum atomic E-state index is 10.6. The summed E-state index contributed by atoms with van der Waals surface area (Å²) in [7, 11) is -2.20. The van der Waals surface area contributed by atoms with Crippen molar-refractivity contribution in [3.05, 3.63) is 18.7 Å². The van der Waals surface area contributed by atoms with Gasteiger partial charge in [-0.1, -0.05) is 13.3 Å². The summed E-state index contributed by atoms with van der Waals surface area (Å²) in [5, 5.41) is 0. The van der Waals surface area contributed by atoms with Gasteiger partial charge >= 0.3 is 5.51 Å². The smallest absolute Gasteiger partial charge is 0.240 e. The zero-order valence-corrected chi connectivity index (χ0v) is 10.5. The van der Waals surface area contributed by atoms with Crippen molar-refractivity contribution >= 4 is 10.7 Å². The van der Waals surface area contributed by atoms with Crippen LogP contribution in [0.15, 0.2) is 18.7 Å². The molecule has 0 aliphatic carbocycles. The number of unbranched alkanes of at least 4 members (excludes halogenated alkanes) is 1. The third-order valence-electron chi connectivity index (χ3n) is 1.80. The first-order valence-electron chi connectivity index (χ1n) is 4.99. The normalized spacial score (nSPS) is 11.2. The predicted molar refractivity (Wildman–Crippen MR) is 56.9 cm³/mol. The Morgan fingerprint density at radius 2 is 1.88 bits per heavy atom. The molecule has 1 aromatic heterocycles. The fourth-order valence-electron chi connectivity index (χ4n) is 0.975. The lowest BCUT2D eigenvalue weighted by Gasteiger charge is -1.90. The Morgan fingerprint density at radius 1 is 1.35 bits per heavy atom. The van der Waals surface area contributed by atoms with Gasteiger partial charge in [-0.2, -0.15) is 13.2 Å². The number of imidazole rings is 1. The maximum absolute atomic E-state index is 10.6. The van der Waals surface area contributed by atoms with Gasteiger partial charge in [0.05, 0.1) is 13.6 Å². The summed E-state index contributed by atoms with van der Waals surface area (Å²) in [6.45, 7) is 3.36. The van der Waals surface area contributed by atoms with E-state index >= 15 is 0 Å². The molecule has 0 saturated carbocycles. The third kappa shape index (κ3) is 7.78. The van der Waals surface area contributed by atoms with Crippen molar-refractivity contribution in [3.63, 3.8) is 0 Å². The quantitative estimate of drug-likeness (QED) is 0.665. The molecule has 17 heavy (non-hydrogen) atoms. The second-order valence-corrected chi connectivity index (χ2v) is 4.42. The average Bonchev–Trinajstić information content (AvgIpc) is 2.60. The highest BCUT2D eigenvalue weighted by Crippen LogP contribution is 2.13. The van der Waals surface area contributed by atoms with Crippen LogP contribution in [0, 0.1) is 0 Å². The standard InChI is InChI=1S/C8H15N2.CHF3O2S/c1-3-4-5-10-7-6-9(2)8-10;2-1(3,4)7(5)6/h6-8H,3-5H2,1-2H3;7H/q+1;. The first-order chi connectivity index (χ1) is 7.77. The number of alkyl halides is 3. The molecule has 8 heteroatoms. The summed E-state index contributed by atoms with van der Waals surface area (Å²) in [4.78, 5) is 0. The maximum Gasteiger partial charge on any atom is 0.494 e. The van der Waals surface area contributed by atoms with Crippen LogP contribution >= 0.6 is 0 Å². The number of thiol groups is 1. The third-order valence-corrected chi connectivity index (χ3v) is 2.21. The molecule has 0 spiro atoms. The molecule has 0 fully saturated rings. The van der Waals surface area contributed by atoms with E-state index in [-0.39, 0.29) is 0 Å². The summed E-state index contributed by atoms with van der Waals surface area (Å²) < 4.78 is 53.9. The van der Waals surface area contributed by atoms with Crippen LogP contribution in [0.5, 0.6) is 0 Å². The predicted octanol–water partition coefficient (Wildman–Crippen LogP) is 1.23. The second-order valence-electron chi connectivity index (χ2n) is 3.40. The number of hydrogen-bond donors (Lipinski definition) is 1. The zero-order valence-electron chi connectivity index (χ0n) is 9.65. The molecule has 0 N–H and O–H groups in total. The zero-order chi connectivity index (χ0) is 13.5. The lowest BCUT2D eigenvalue weighted by molar-refractivity contribution is -0.696. The molecule has 0 radical (unpaired) electrons. The van der Waals surface area contributed by atoms with E-state index in [0.717, 1.165) is 6.54 Å². The van der Waals surface area contributed by atoms with Gasteiger partial charge in [0.25, 0.3) is 0 Å². The number of halogens is 3. The summed E-state index contributed by atoms with van der Waals surface area (Å²) >= 11 is 0. The van der Waals surface area contributed by atoms with Crippen molar-refractivity contribution < 1.29 is 26.2 Å². The summed E-state index contributed by atoms with van der Waals surface area (Å²) in [5.74, 6) is 0. The molecule has 1 heterocycles. The molecule has 1 rings (SSSR count). The van der Waals surface area contributed by atoms with Crippen LogP contribution in [-0.4, -0.2) is 18.5 Å². The van der Waals surface area contributed by atoms with Crippen LogP contribution < -0.4 is 4.57 Å². The van der Waals surface area contributed by atoms with Gasteiger partial charge in [0.2, 0.25) is 17.0 Å². The van der Waals surface area contributed by atoms with Gasteiger partial charge < -0.3 is 0 Å². The van der Waals surface area contributed by atoms with Crippen molar-refractivity contribution in [1.82, 2.24) is 4.57 Å². The summed E-state index contributed by atoms with van der Waals surface area (Å²) in [6, 6.07) is 0. The summed E-state index contributed by atoms with van der Waals surface area (Å²) in [5.41, 5.74) is -5.05. The van der Waals surface area contributed by atoms with Crippen LogP contribution in [0.1, 0.15) is 19.8 Å². The molecule has 0 aliphatic rings. The second kappa shape index (κ2) is 7.31. The first kappa shape index (κ1) is 16.0. The highest BCUT2D eigenvalue weighted by Gasteiger charge is 2.31. The van der Waals surface area contributed by atoms with Gasteiger partial charge in [-0.3, -0.25) is 0 Å². The minimum atomic E-state index is -5.05. The Bertz CT molecular complexity index is 391. The van der Waals surface area contributed by atoms with Crippen LogP contribution in [0.2, 0.25) is 0 Å². The van der Waals surface area contributed by atoms with Gasteiger partial charge in [-0.05, 0) is 6.42 Å². The first-order valence-corrected chi connectivity index (χ1v) is 6.17. The molecule has 0 bridgehead atoms. The SMILES string of the molecule is CCCC[n+]1ccn(C)c1.O=[SH](=O)C(F)(F)F. The fraction of sp³-hybridized carbons (Fsp3) is 0.667. The van der Waals surface area contributed by atoms with Crippen molar-refractivity contribution in [2.75, 3.05) is 0 Å². The number of aromatic nitrogens is 2. The molecule has 0 unspecified atom stereocenters. The van der Waals surface area contributed by atoms with Crippen LogP contribution in [0.25, 0.3) is 0 Å². The molecule has 0 aromatic carbocycles. The fourth-order valence-corrected chi connectivity index (χ4v) is 0.975. The molecule has 0 saturated heterocycles. The van der Waals surface area contributed by atoms with E-state index in [9.17, 15) is 13.2 Å². The molecule has 100 valence electrons. The number of rotatable bonds is 3. The lowest BCUT2D eigenvalue weighted by Crippen LogP contribution is -2.30. The van der Waals surface area contributed by atoms with Crippen LogP contribution in [0.3, 0.4) is 0 Å². The van der Waals surface area contributed by atoms with Crippen molar-refractivity contribution in [3.8, 4) is 0 Å². The molecular weight excluding hydrogens is 257 g/mol. The van der Waals surface area contributed by atoms with Gasteiger partial charge in [-0.15, -0.1) is 0 Å². The van der Waals surface area contributed by atoms with E-state index in [2.05, 4.69) is 34.8 Å². The average molecular weight is 273 g/mol. The highest BCUT2D eigenvalue weighted by atomic mass is 32.2. The highest BCUT2D eigenvalue weighted by molar-refractivity contribution is 7.73. The van der Waals surface area contributed by atoms with Crippen LogP contribution in [-0.2, 0) is 24.3 Å². The number of aryl methyl sites for hydroxylation is 2. The van der Waals surface area contributed by atoms with Crippen molar-refractivity contribution in [2.24, 2.45) is 7.05 Å². The van der Waals surface area contributed by atoms with E-state index in [1.807, 2.05) is 7.05 Å². The number of hydrogen-bond acceptors (Lipinski definition) is 2. The topological polar surface area (TPSA) is 43.0 Å². The molecule has 0 aliphatic heterocycles. The van der Waals surface area contributed by atoms with Crippen molar-refractivity contribution in [2.45, 2.75) is 31.8 Å². The van der Waals surface area contributed by atoms with E-state index in [1.165, 1.54) is 12.8 Å². The molecular formula is C9H16F3N2O2S+. The number of nitrogens with zero attached hydrogens (tertiary/aromatic N) is 2. The van der Waals surface area contributed by atoms with Gasteiger partial charge in [0.15, 0.2) is 0 Å². The van der Waals surface area contributed by atoms with Gasteiger partial charge in [0.1, 0.15) is 12.4 Å². The van der Waals surface area contributed by atoms with Crippen molar-refractivity contribution in [1.29, 1.82) is 0 Å². The molecule has 4 nitrogen and oxygen atoms in total. The Hall–Kier alpha value is -1.05. The van der Waals surface area contributed by atoms with Crippen LogP contribution in [0.4, 0.5) is 13.2 Å². The Labute approximate surface area is 99.6 Å². The largest absolute Gasteiger partial charge is 0.494 e. The molecule has 0 amide bonds. The monoisotopic (exact) mass is 273 g/mol. The molecule has 0 atom stereocenters. The Balaban J connectivity index is 0.000000325. The van der Waals surface area contributed by atoms with E-state index in [0.29, 0.717) is 0 Å². The van der Waals surface area contributed by atoms with E-state index in [1.54, 1.807) is 0 Å². The van der Waals surface area contributed by atoms with Gasteiger partial charge in [-0.25, -0.2) is 17.6 Å².